The van der Waals surface area contributed by atoms with Crippen LogP contribution in [0.5, 0.6) is 0 Å². The van der Waals surface area contributed by atoms with Gasteiger partial charge in [-0.1, -0.05) is 26.5 Å². The third-order valence-electron chi connectivity index (χ3n) is 4.30. The monoisotopic (exact) mass is 397 g/mol. The van der Waals surface area contributed by atoms with Gasteiger partial charge in [0.1, 0.15) is 24.6 Å². The maximum Gasteiger partial charge on any atom is 0.412 e. The first-order valence-electron chi connectivity index (χ1n) is 8.79. The van der Waals surface area contributed by atoms with E-state index in [1.54, 1.807) is 14.0 Å². The molecule has 1 amide bonds. The van der Waals surface area contributed by atoms with Gasteiger partial charge in [0.15, 0.2) is 6.23 Å². The van der Waals surface area contributed by atoms with Crippen LogP contribution in [-0.2, 0) is 14.2 Å². The van der Waals surface area contributed by atoms with Gasteiger partial charge in [-0.05, 0) is 6.92 Å². The summed E-state index contributed by atoms with van der Waals surface area (Å²) in [7, 11) is 1.56. The number of nitrogens with zero attached hydrogens (tertiary/aromatic N) is 2. The average molecular weight is 397 g/mol. The fourth-order valence-corrected chi connectivity index (χ4v) is 2.80. The van der Waals surface area contributed by atoms with Gasteiger partial charge >= 0.3 is 11.8 Å². The number of aromatic nitrogens is 2. The van der Waals surface area contributed by atoms with Gasteiger partial charge in [0.05, 0.1) is 12.7 Å². The molecule has 10 nitrogen and oxygen atoms in total. The number of carbonyl (C=O) groups excluding carboxylic acids is 1. The van der Waals surface area contributed by atoms with Crippen molar-refractivity contribution >= 4 is 18.0 Å². The number of anilines is 1. The normalized spacial score (nSPS) is 24.8. The molecular weight excluding hydrogens is 370 g/mol. The molecule has 1 aromatic heterocycles. The molecule has 1 aromatic rings. The molecular formula is C18H27N3O7. The molecule has 2 heterocycles. The zero-order chi connectivity index (χ0) is 21.1. The lowest BCUT2D eigenvalue weighted by atomic mass is 9.96. The maximum atomic E-state index is 12.4. The molecule has 1 aliphatic heterocycles. The van der Waals surface area contributed by atoms with Gasteiger partial charge in [0.25, 0.3) is 0 Å². The Hall–Kier alpha value is -2.27. The van der Waals surface area contributed by atoms with Gasteiger partial charge in [-0.25, -0.2) is 9.59 Å². The van der Waals surface area contributed by atoms with E-state index in [0.717, 1.165) is 4.57 Å². The van der Waals surface area contributed by atoms with E-state index in [9.17, 15) is 19.8 Å². The molecule has 1 saturated heterocycles. The molecule has 3 N–H and O–H groups in total. The Morgan fingerprint density at radius 2 is 2.11 bits per heavy atom. The first-order chi connectivity index (χ1) is 13.1. The molecule has 4 atom stereocenters. The lowest BCUT2D eigenvalue weighted by Crippen LogP contribution is -2.36. The van der Waals surface area contributed by atoms with Crippen molar-refractivity contribution in [3.63, 3.8) is 0 Å². The molecule has 0 saturated carbocycles. The zero-order valence-electron chi connectivity index (χ0n) is 16.4. The number of hydrogen-bond acceptors (Lipinski definition) is 8. The maximum absolute atomic E-state index is 12.4. The SMILES string of the molecule is C=Cc1cn([C@@H]2O[C@H](C)[C@@H](O)[C@H]2O)c(=O)nc1NC(=O)OCC(C)(C)COC. The van der Waals surface area contributed by atoms with Crippen LogP contribution < -0.4 is 11.0 Å². The van der Waals surface area contributed by atoms with Crippen molar-refractivity contribution in [1.82, 2.24) is 9.55 Å². The van der Waals surface area contributed by atoms with Gasteiger partial charge in [0.2, 0.25) is 0 Å². The zero-order valence-corrected chi connectivity index (χ0v) is 16.4. The van der Waals surface area contributed by atoms with Crippen molar-refractivity contribution in [1.29, 1.82) is 0 Å². The van der Waals surface area contributed by atoms with Crippen LogP contribution in [0, 0.1) is 5.41 Å². The van der Waals surface area contributed by atoms with Gasteiger partial charge < -0.3 is 24.4 Å². The van der Waals surface area contributed by atoms with E-state index in [1.807, 2.05) is 13.8 Å². The number of methoxy groups -OCH3 is 1. The Kier molecular flexibility index (Phi) is 6.94. The summed E-state index contributed by atoms with van der Waals surface area (Å²) in [5.41, 5.74) is -0.832. The molecule has 2 rings (SSSR count). The Labute approximate surface area is 162 Å². The van der Waals surface area contributed by atoms with Crippen molar-refractivity contribution < 1.29 is 29.2 Å². The second-order valence-corrected chi connectivity index (χ2v) is 7.45. The molecule has 28 heavy (non-hydrogen) atoms. The van der Waals surface area contributed by atoms with Crippen molar-refractivity contribution in [2.45, 2.75) is 45.3 Å². The van der Waals surface area contributed by atoms with E-state index in [4.69, 9.17) is 14.2 Å². The van der Waals surface area contributed by atoms with Crippen LogP contribution in [-0.4, -0.2) is 64.5 Å². The van der Waals surface area contributed by atoms with Crippen molar-refractivity contribution in [2.24, 2.45) is 5.41 Å². The second kappa shape index (κ2) is 8.82. The van der Waals surface area contributed by atoms with Crippen molar-refractivity contribution in [3.8, 4) is 0 Å². The summed E-state index contributed by atoms with van der Waals surface area (Å²) in [6, 6.07) is 0. The molecule has 10 heteroatoms. The molecule has 0 unspecified atom stereocenters. The highest BCUT2D eigenvalue weighted by atomic mass is 16.6. The van der Waals surface area contributed by atoms with Gasteiger partial charge in [-0.3, -0.25) is 9.88 Å². The summed E-state index contributed by atoms with van der Waals surface area (Å²) in [6.45, 7) is 9.48. The quantitative estimate of drug-likeness (QED) is 0.614. The van der Waals surface area contributed by atoms with Crippen LogP contribution >= 0.6 is 0 Å². The van der Waals surface area contributed by atoms with Crippen LogP contribution in [0.25, 0.3) is 6.08 Å². The van der Waals surface area contributed by atoms with Crippen molar-refractivity contribution in [3.05, 3.63) is 28.8 Å². The summed E-state index contributed by atoms with van der Waals surface area (Å²) < 4.78 is 16.7. The Morgan fingerprint density at radius 3 is 2.64 bits per heavy atom. The summed E-state index contributed by atoms with van der Waals surface area (Å²) >= 11 is 0. The van der Waals surface area contributed by atoms with E-state index in [-0.39, 0.29) is 17.8 Å². The van der Waals surface area contributed by atoms with E-state index in [2.05, 4.69) is 16.9 Å². The lowest BCUT2D eigenvalue weighted by Gasteiger charge is -2.23. The van der Waals surface area contributed by atoms with Gasteiger partial charge in [-0.15, -0.1) is 0 Å². The summed E-state index contributed by atoms with van der Waals surface area (Å²) in [5, 5.41) is 22.3. The fourth-order valence-electron chi connectivity index (χ4n) is 2.80. The van der Waals surface area contributed by atoms with Gasteiger partial charge in [0, 0.05) is 24.3 Å². The second-order valence-electron chi connectivity index (χ2n) is 7.45. The number of hydrogen-bond donors (Lipinski definition) is 3. The van der Waals surface area contributed by atoms with Gasteiger partial charge in [-0.2, -0.15) is 4.98 Å². The standard InChI is InChI=1S/C18H27N3O7/c1-6-11-7-21(15-13(23)12(22)10(2)28-15)16(24)19-14(11)20-17(25)27-9-18(3,4)8-26-5/h6-7,10,12-13,15,22-23H,1,8-9H2,2-5H3,(H,19,20,24,25)/t10-,12-,13-,15-/m1/s1. The number of carbonyl (C=O) groups is 1. The third-order valence-corrected chi connectivity index (χ3v) is 4.30. The predicted octanol–water partition coefficient (Wildman–Crippen LogP) is 0.746. The highest BCUT2D eigenvalue weighted by molar-refractivity contribution is 5.85. The molecule has 0 aromatic carbocycles. The minimum Gasteiger partial charge on any atom is -0.449 e. The van der Waals surface area contributed by atoms with Crippen LogP contribution in [0.3, 0.4) is 0 Å². The number of nitrogens with one attached hydrogen (secondary N) is 1. The molecule has 1 aliphatic rings. The van der Waals surface area contributed by atoms with Crippen LogP contribution in [0.4, 0.5) is 10.6 Å². The summed E-state index contributed by atoms with van der Waals surface area (Å²) in [4.78, 5) is 28.3. The Balaban J connectivity index is 2.16. The van der Waals surface area contributed by atoms with E-state index in [1.165, 1.54) is 12.3 Å². The first-order valence-corrected chi connectivity index (χ1v) is 8.79. The molecule has 156 valence electrons. The molecule has 1 fully saturated rings. The van der Waals surface area contributed by atoms with E-state index in [0.29, 0.717) is 12.2 Å². The third kappa shape index (κ3) is 4.96. The highest BCUT2D eigenvalue weighted by Gasteiger charge is 2.42. The highest BCUT2D eigenvalue weighted by Crippen LogP contribution is 2.28. The first kappa shape index (κ1) is 22.0. The number of rotatable bonds is 7. The summed E-state index contributed by atoms with van der Waals surface area (Å²) in [6.07, 6.45) is -2.23. The largest absolute Gasteiger partial charge is 0.449 e. The number of aliphatic hydroxyl groups is 2. The number of amides is 1. The topological polar surface area (TPSA) is 132 Å². The van der Waals surface area contributed by atoms with Crippen LogP contribution in [0.1, 0.15) is 32.6 Å². The lowest BCUT2D eigenvalue weighted by molar-refractivity contribution is -0.0350. The van der Waals surface area contributed by atoms with Crippen LogP contribution in [0.15, 0.2) is 17.6 Å². The minimum atomic E-state index is -1.29. The number of aliphatic hydroxyl groups excluding tert-OH is 2. The van der Waals surface area contributed by atoms with Crippen LogP contribution in [0.2, 0.25) is 0 Å². The van der Waals surface area contributed by atoms with E-state index >= 15 is 0 Å². The van der Waals surface area contributed by atoms with E-state index < -0.39 is 36.3 Å². The Bertz CT molecular complexity index is 777. The average Bonchev–Trinajstić information content (AvgIpc) is 2.88. The molecule has 0 bridgehead atoms. The van der Waals surface area contributed by atoms with Crippen molar-refractivity contribution in [2.75, 3.05) is 25.6 Å². The summed E-state index contributed by atoms with van der Waals surface area (Å²) in [5.74, 6) is -0.0353. The molecule has 0 aliphatic carbocycles. The molecule has 0 radical (unpaired) electrons. The molecule has 0 spiro atoms. The fraction of sp³-hybridized carbons (Fsp3) is 0.611. The Morgan fingerprint density at radius 1 is 1.43 bits per heavy atom. The number of ether oxygens (including phenoxy) is 3. The minimum absolute atomic E-state index is 0.0353. The smallest absolute Gasteiger partial charge is 0.412 e. The predicted molar refractivity (Wildman–Crippen MR) is 101 cm³/mol.